The lowest BCUT2D eigenvalue weighted by Gasteiger charge is -2.09. The predicted octanol–water partition coefficient (Wildman–Crippen LogP) is 4.74. The van der Waals surface area contributed by atoms with Gasteiger partial charge in [0.25, 0.3) is 5.91 Å². The normalized spacial score (nSPS) is 10.6. The van der Waals surface area contributed by atoms with Gasteiger partial charge < -0.3 is 19.6 Å². The number of furan rings is 1. The molecular weight excluding hydrogens is 354 g/mol. The number of nitrogens with one attached hydrogen (secondary N) is 1. The quantitative estimate of drug-likeness (QED) is 0.656. The molecule has 2 aromatic carbocycles. The zero-order valence-electron chi connectivity index (χ0n) is 14.2. The number of aliphatic hydroxyl groups excluding tert-OH is 1. The minimum absolute atomic E-state index is 0.173. The van der Waals surface area contributed by atoms with Crippen molar-refractivity contribution >= 4 is 23.2 Å². The predicted molar refractivity (Wildman–Crippen MR) is 101 cm³/mol. The Balaban J connectivity index is 1.73. The summed E-state index contributed by atoms with van der Waals surface area (Å²) in [6.07, 6.45) is 0. The monoisotopic (exact) mass is 371 g/mol. The minimum atomic E-state index is -0.238. The Labute approximate surface area is 156 Å². The Morgan fingerprint density at radius 2 is 1.92 bits per heavy atom. The number of rotatable bonds is 6. The Kier molecular flexibility index (Phi) is 5.61. The molecule has 0 saturated carbocycles. The maximum absolute atomic E-state index is 12.4. The zero-order valence-corrected chi connectivity index (χ0v) is 14.9. The zero-order chi connectivity index (χ0) is 18.5. The Morgan fingerprint density at radius 3 is 2.54 bits per heavy atom. The maximum Gasteiger partial charge on any atom is 0.255 e. The van der Waals surface area contributed by atoms with Crippen molar-refractivity contribution in [1.29, 1.82) is 0 Å². The summed E-state index contributed by atoms with van der Waals surface area (Å²) in [7, 11) is 0. The fourth-order valence-electron chi connectivity index (χ4n) is 2.47. The van der Waals surface area contributed by atoms with Crippen molar-refractivity contribution in [2.24, 2.45) is 0 Å². The molecule has 0 unspecified atom stereocenters. The summed E-state index contributed by atoms with van der Waals surface area (Å²) in [5.41, 5.74) is 1.78. The van der Waals surface area contributed by atoms with E-state index in [0.29, 0.717) is 40.0 Å². The first-order chi connectivity index (χ1) is 12.6. The van der Waals surface area contributed by atoms with Gasteiger partial charge in [0.2, 0.25) is 0 Å². The molecule has 3 aromatic rings. The van der Waals surface area contributed by atoms with Gasteiger partial charge in [-0.15, -0.1) is 0 Å². The Bertz CT molecular complexity index is 902. The summed E-state index contributed by atoms with van der Waals surface area (Å²) in [6, 6.07) is 15.5. The highest BCUT2D eigenvalue weighted by atomic mass is 35.5. The van der Waals surface area contributed by atoms with Crippen LogP contribution in [0.25, 0.3) is 11.3 Å². The molecule has 0 radical (unpaired) electrons. The van der Waals surface area contributed by atoms with E-state index in [4.69, 9.17) is 25.9 Å². The van der Waals surface area contributed by atoms with E-state index in [-0.39, 0.29) is 12.5 Å². The fourth-order valence-corrected chi connectivity index (χ4v) is 2.75. The van der Waals surface area contributed by atoms with E-state index in [9.17, 15) is 4.79 Å². The second-order valence-electron chi connectivity index (χ2n) is 5.53. The van der Waals surface area contributed by atoms with Crippen LogP contribution in [-0.4, -0.2) is 17.6 Å². The molecule has 0 saturated heterocycles. The summed E-state index contributed by atoms with van der Waals surface area (Å²) in [6.45, 7) is 2.31. The molecule has 26 heavy (non-hydrogen) atoms. The number of aliphatic hydroxyl groups is 1. The van der Waals surface area contributed by atoms with E-state index >= 15 is 0 Å². The molecule has 0 bridgehead atoms. The van der Waals surface area contributed by atoms with Gasteiger partial charge in [0, 0.05) is 16.8 Å². The van der Waals surface area contributed by atoms with Crippen LogP contribution in [-0.2, 0) is 6.61 Å². The van der Waals surface area contributed by atoms with Gasteiger partial charge in [-0.25, -0.2) is 0 Å². The average molecular weight is 372 g/mol. The Hall–Kier alpha value is -2.76. The third-order valence-electron chi connectivity index (χ3n) is 3.74. The van der Waals surface area contributed by atoms with Crippen molar-refractivity contribution in [3.05, 3.63) is 70.9 Å². The van der Waals surface area contributed by atoms with Crippen molar-refractivity contribution in [2.75, 3.05) is 11.9 Å². The summed E-state index contributed by atoms with van der Waals surface area (Å²) < 4.78 is 10.9. The van der Waals surface area contributed by atoms with E-state index in [2.05, 4.69) is 5.32 Å². The highest BCUT2D eigenvalue weighted by Gasteiger charge is 2.11. The SMILES string of the molecule is CCOc1ccc(C(=O)Nc2ccc(-c3ccc(CO)o3)c(Cl)c2)cc1. The molecule has 5 nitrogen and oxygen atoms in total. The van der Waals surface area contributed by atoms with Crippen molar-refractivity contribution < 1.29 is 19.1 Å². The molecule has 0 aliphatic carbocycles. The minimum Gasteiger partial charge on any atom is -0.494 e. The van der Waals surface area contributed by atoms with Crippen LogP contribution < -0.4 is 10.1 Å². The third-order valence-corrected chi connectivity index (χ3v) is 4.05. The summed E-state index contributed by atoms with van der Waals surface area (Å²) in [5, 5.41) is 12.3. The van der Waals surface area contributed by atoms with Gasteiger partial charge >= 0.3 is 0 Å². The molecular formula is C20H18ClNO4. The number of halogens is 1. The smallest absolute Gasteiger partial charge is 0.255 e. The highest BCUT2D eigenvalue weighted by Crippen LogP contribution is 2.31. The molecule has 0 fully saturated rings. The molecule has 2 N–H and O–H groups in total. The van der Waals surface area contributed by atoms with Gasteiger partial charge in [-0.2, -0.15) is 0 Å². The first-order valence-electron chi connectivity index (χ1n) is 8.14. The average Bonchev–Trinajstić information content (AvgIpc) is 3.11. The Morgan fingerprint density at radius 1 is 1.15 bits per heavy atom. The standard InChI is InChI=1S/C20H18ClNO4/c1-2-25-15-6-3-13(4-7-15)20(24)22-14-5-9-17(18(21)11-14)19-10-8-16(12-23)26-19/h3-11,23H,2,12H2,1H3,(H,22,24). The third kappa shape index (κ3) is 4.07. The lowest BCUT2D eigenvalue weighted by molar-refractivity contribution is 0.102. The van der Waals surface area contributed by atoms with Crippen molar-refractivity contribution in [3.8, 4) is 17.1 Å². The molecule has 134 valence electrons. The molecule has 1 heterocycles. The lowest BCUT2D eigenvalue weighted by Crippen LogP contribution is -2.11. The first kappa shape index (κ1) is 18.0. The van der Waals surface area contributed by atoms with Crippen LogP contribution in [0.1, 0.15) is 23.0 Å². The van der Waals surface area contributed by atoms with Gasteiger partial charge in [0.1, 0.15) is 23.9 Å². The molecule has 1 amide bonds. The van der Waals surface area contributed by atoms with Gasteiger partial charge in [0.05, 0.1) is 11.6 Å². The van der Waals surface area contributed by atoms with E-state index in [1.165, 1.54) is 0 Å². The molecule has 0 atom stereocenters. The number of carbonyl (C=O) groups excluding carboxylic acids is 1. The topological polar surface area (TPSA) is 71.7 Å². The molecule has 1 aromatic heterocycles. The van der Waals surface area contributed by atoms with Gasteiger partial charge in [-0.05, 0) is 61.5 Å². The van der Waals surface area contributed by atoms with Crippen molar-refractivity contribution in [2.45, 2.75) is 13.5 Å². The van der Waals surface area contributed by atoms with Crippen LogP contribution in [0.4, 0.5) is 5.69 Å². The van der Waals surface area contributed by atoms with E-state index in [1.54, 1.807) is 54.6 Å². The first-order valence-corrected chi connectivity index (χ1v) is 8.52. The number of hydrogen-bond donors (Lipinski definition) is 2. The summed E-state index contributed by atoms with van der Waals surface area (Å²) in [4.78, 5) is 12.4. The number of amides is 1. The number of anilines is 1. The fraction of sp³-hybridized carbons (Fsp3) is 0.150. The van der Waals surface area contributed by atoms with Crippen LogP contribution in [0.2, 0.25) is 5.02 Å². The number of benzene rings is 2. The van der Waals surface area contributed by atoms with Crippen molar-refractivity contribution in [3.63, 3.8) is 0 Å². The molecule has 0 spiro atoms. The van der Waals surface area contributed by atoms with Gasteiger partial charge in [0.15, 0.2) is 0 Å². The maximum atomic E-state index is 12.4. The number of carbonyl (C=O) groups is 1. The molecule has 0 aliphatic heterocycles. The lowest BCUT2D eigenvalue weighted by atomic mass is 10.1. The van der Waals surface area contributed by atoms with Gasteiger partial charge in [-0.3, -0.25) is 4.79 Å². The molecule has 3 rings (SSSR count). The van der Waals surface area contributed by atoms with Crippen LogP contribution in [0, 0.1) is 0 Å². The van der Waals surface area contributed by atoms with E-state index < -0.39 is 0 Å². The highest BCUT2D eigenvalue weighted by molar-refractivity contribution is 6.33. The van der Waals surface area contributed by atoms with Crippen LogP contribution >= 0.6 is 11.6 Å². The largest absolute Gasteiger partial charge is 0.494 e. The van der Waals surface area contributed by atoms with Crippen LogP contribution in [0.3, 0.4) is 0 Å². The number of hydrogen-bond acceptors (Lipinski definition) is 4. The van der Waals surface area contributed by atoms with E-state index in [0.717, 1.165) is 5.75 Å². The van der Waals surface area contributed by atoms with Crippen LogP contribution in [0.5, 0.6) is 5.75 Å². The second-order valence-corrected chi connectivity index (χ2v) is 5.94. The molecule has 0 aliphatic rings. The van der Waals surface area contributed by atoms with Crippen molar-refractivity contribution in [1.82, 2.24) is 0 Å². The summed E-state index contributed by atoms with van der Waals surface area (Å²) in [5.74, 6) is 1.50. The van der Waals surface area contributed by atoms with Gasteiger partial charge in [-0.1, -0.05) is 11.6 Å². The second kappa shape index (κ2) is 8.08. The number of ether oxygens (including phenoxy) is 1. The van der Waals surface area contributed by atoms with Crippen LogP contribution in [0.15, 0.2) is 59.0 Å². The van der Waals surface area contributed by atoms with E-state index in [1.807, 2.05) is 6.92 Å². The summed E-state index contributed by atoms with van der Waals surface area (Å²) >= 11 is 6.31. The molecule has 6 heteroatoms.